The maximum Gasteiger partial charge on any atom is -0.0289 e. The molecule has 0 heterocycles. The molecule has 0 N–H and O–H groups in total. The Bertz CT molecular complexity index is 139. The van der Waals surface area contributed by atoms with Gasteiger partial charge < -0.3 is 0 Å². The van der Waals surface area contributed by atoms with Crippen molar-refractivity contribution in [1.29, 1.82) is 0 Å². The average Bonchev–Trinajstić information content (AvgIpc) is 2.34. The van der Waals surface area contributed by atoms with Gasteiger partial charge in [0.1, 0.15) is 0 Å². The highest BCUT2D eigenvalue weighted by Crippen LogP contribution is 2.67. The van der Waals surface area contributed by atoms with Gasteiger partial charge in [-0.3, -0.25) is 0 Å². The van der Waals surface area contributed by atoms with E-state index >= 15 is 0 Å². The highest BCUT2D eigenvalue weighted by atomic mass is 14.6. The van der Waals surface area contributed by atoms with E-state index in [0.29, 0.717) is 0 Å². The third-order valence-electron chi connectivity index (χ3n) is 3.74. The van der Waals surface area contributed by atoms with Crippen LogP contribution in [0.25, 0.3) is 0 Å². The van der Waals surface area contributed by atoms with Crippen molar-refractivity contribution < 1.29 is 0 Å². The summed E-state index contributed by atoms with van der Waals surface area (Å²) in [5.74, 6) is 3.14. The normalized spacial score (nSPS) is 63.7. The fraction of sp³-hybridized carbons (Fsp3) is 1.00. The van der Waals surface area contributed by atoms with Crippen LogP contribution in [0.15, 0.2) is 0 Å². The van der Waals surface area contributed by atoms with Crippen LogP contribution >= 0.6 is 0 Å². The first-order chi connectivity index (χ1) is 4.13. The summed E-state index contributed by atoms with van der Waals surface area (Å²) < 4.78 is 0. The largest absolute Gasteiger partial charge is 0.0622 e. The van der Waals surface area contributed by atoms with Crippen molar-refractivity contribution in [2.45, 2.75) is 33.6 Å². The van der Waals surface area contributed by atoms with E-state index in [9.17, 15) is 0 Å². The molecule has 2 rings (SSSR count). The Labute approximate surface area is 57.6 Å². The Morgan fingerprint density at radius 2 is 1.89 bits per heavy atom. The maximum atomic E-state index is 2.46. The Hall–Kier alpha value is 0. The molecular formula is C9H16. The van der Waals surface area contributed by atoms with Crippen LogP contribution in [0.1, 0.15) is 33.6 Å². The van der Waals surface area contributed by atoms with Gasteiger partial charge >= 0.3 is 0 Å². The topological polar surface area (TPSA) is 0 Å². The first kappa shape index (κ1) is 5.76. The standard InChI is InChI=1S/C9H16/c1-6-4-9(3)5-8(9)7(6)2/h6-8H,4-5H2,1-3H3. The van der Waals surface area contributed by atoms with E-state index in [2.05, 4.69) is 20.8 Å². The molecule has 0 nitrogen and oxygen atoms in total. The van der Waals surface area contributed by atoms with Gasteiger partial charge in [-0.25, -0.2) is 0 Å². The lowest BCUT2D eigenvalue weighted by atomic mass is 9.94. The molecule has 2 saturated carbocycles. The molecule has 4 unspecified atom stereocenters. The van der Waals surface area contributed by atoms with E-state index in [4.69, 9.17) is 0 Å². The van der Waals surface area contributed by atoms with Crippen molar-refractivity contribution in [3.63, 3.8) is 0 Å². The lowest BCUT2D eigenvalue weighted by Gasteiger charge is -2.11. The molecule has 0 amide bonds. The zero-order valence-corrected chi connectivity index (χ0v) is 6.65. The SMILES string of the molecule is CC1CC2(C)CC2C1C. The van der Waals surface area contributed by atoms with Crippen LogP contribution in [0.4, 0.5) is 0 Å². The molecule has 0 aromatic carbocycles. The number of rotatable bonds is 0. The van der Waals surface area contributed by atoms with E-state index < -0.39 is 0 Å². The maximum absolute atomic E-state index is 2.46. The van der Waals surface area contributed by atoms with Crippen LogP contribution in [0.5, 0.6) is 0 Å². The summed E-state index contributed by atoms with van der Waals surface area (Å²) >= 11 is 0. The number of hydrogen-bond acceptors (Lipinski definition) is 0. The smallest absolute Gasteiger partial charge is 0.0289 e. The van der Waals surface area contributed by atoms with Gasteiger partial charge in [-0.2, -0.15) is 0 Å². The van der Waals surface area contributed by atoms with Crippen molar-refractivity contribution in [2.24, 2.45) is 23.2 Å². The fourth-order valence-electron chi connectivity index (χ4n) is 2.82. The molecule has 52 valence electrons. The summed E-state index contributed by atoms with van der Waals surface area (Å²) in [7, 11) is 0. The Morgan fingerprint density at radius 3 is 2.11 bits per heavy atom. The molecule has 2 aliphatic rings. The van der Waals surface area contributed by atoms with E-state index in [-0.39, 0.29) is 0 Å². The summed E-state index contributed by atoms with van der Waals surface area (Å²) in [6, 6.07) is 0. The zero-order valence-electron chi connectivity index (χ0n) is 6.65. The zero-order chi connectivity index (χ0) is 6.65. The molecule has 0 aliphatic heterocycles. The van der Waals surface area contributed by atoms with Crippen LogP contribution < -0.4 is 0 Å². The quantitative estimate of drug-likeness (QED) is 0.465. The molecular weight excluding hydrogens is 108 g/mol. The molecule has 0 radical (unpaired) electrons. The molecule has 2 aliphatic carbocycles. The Kier molecular flexibility index (Phi) is 0.868. The molecule has 4 atom stereocenters. The third-order valence-corrected chi connectivity index (χ3v) is 3.74. The Morgan fingerprint density at radius 1 is 1.22 bits per heavy atom. The second kappa shape index (κ2) is 1.36. The van der Waals surface area contributed by atoms with Crippen molar-refractivity contribution in [3.05, 3.63) is 0 Å². The minimum absolute atomic E-state index is 0.804. The summed E-state index contributed by atoms with van der Waals surface area (Å²) in [6.07, 6.45) is 3.03. The van der Waals surface area contributed by atoms with Gasteiger partial charge in [-0.1, -0.05) is 20.8 Å². The van der Waals surface area contributed by atoms with Gasteiger partial charge in [-0.05, 0) is 36.0 Å². The predicted octanol–water partition coefficient (Wildman–Crippen LogP) is 2.69. The van der Waals surface area contributed by atoms with Gasteiger partial charge in [0.25, 0.3) is 0 Å². The third kappa shape index (κ3) is 0.595. The molecule has 9 heavy (non-hydrogen) atoms. The highest BCUT2D eigenvalue weighted by molar-refractivity contribution is 5.08. The van der Waals surface area contributed by atoms with Crippen LogP contribution in [0, 0.1) is 23.2 Å². The van der Waals surface area contributed by atoms with Crippen LogP contribution in [0.3, 0.4) is 0 Å². The Balaban J connectivity index is 2.15. The lowest BCUT2D eigenvalue weighted by Crippen LogP contribution is -2.02. The summed E-state index contributed by atoms with van der Waals surface area (Å²) in [6.45, 7) is 7.29. The first-order valence-corrected chi connectivity index (χ1v) is 4.13. The summed E-state index contributed by atoms with van der Waals surface area (Å²) in [5.41, 5.74) is 0.804. The minimum atomic E-state index is 0.804. The number of fused-ring (bicyclic) bond motifs is 1. The van der Waals surface area contributed by atoms with Gasteiger partial charge in [0.05, 0.1) is 0 Å². The molecule has 0 aromatic rings. The molecule has 0 heteroatoms. The summed E-state index contributed by atoms with van der Waals surface area (Å²) in [5, 5.41) is 0. The van der Waals surface area contributed by atoms with Crippen molar-refractivity contribution >= 4 is 0 Å². The molecule has 0 bridgehead atoms. The second-order valence-corrected chi connectivity index (χ2v) is 4.51. The van der Waals surface area contributed by atoms with Crippen molar-refractivity contribution in [2.75, 3.05) is 0 Å². The summed E-state index contributed by atoms with van der Waals surface area (Å²) in [4.78, 5) is 0. The lowest BCUT2D eigenvalue weighted by molar-refractivity contribution is 0.386. The van der Waals surface area contributed by atoms with E-state index in [1.807, 2.05) is 0 Å². The molecule has 0 spiro atoms. The van der Waals surface area contributed by atoms with Crippen LogP contribution in [-0.4, -0.2) is 0 Å². The van der Waals surface area contributed by atoms with E-state index in [1.165, 1.54) is 12.8 Å². The molecule has 0 aromatic heterocycles. The van der Waals surface area contributed by atoms with Gasteiger partial charge in [0.2, 0.25) is 0 Å². The average molecular weight is 124 g/mol. The first-order valence-electron chi connectivity index (χ1n) is 4.13. The monoisotopic (exact) mass is 124 g/mol. The van der Waals surface area contributed by atoms with E-state index in [0.717, 1.165) is 23.2 Å². The molecule has 2 fully saturated rings. The minimum Gasteiger partial charge on any atom is -0.0622 e. The second-order valence-electron chi connectivity index (χ2n) is 4.51. The van der Waals surface area contributed by atoms with Crippen LogP contribution in [-0.2, 0) is 0 Å². The predicted molar refractivity (Wildman–Crippen MR) is 39.2 cm³/mol. The number of hydrogen-bond donors (Lipinski definition) is 0. The van der Waals surface area contributed by atoms with Gasteiger partial charge in [-0.15, -0.1) is 0 Å². The van der Waals surface area contributed by atoms with Crippen molar-refractivity contribution in [3.8, 4) is 0 Å². The van der Waals surface area contributed by atoms with E-state index in [1.54, 1.807) is 0 Å². The molecule has 0 saturated heterocycles. The van der Waals surface area contributed by atoms with Crippen LogP contribution in [0.2, 0.25) is 0 Å². The van der Waals surface area contributed by atoms with Crippen molar-refractivity contribution in [1.82, 2.24) is 0 Å². The van der Waals surface area contributed by atoms with Gasteiger partial charge in [0, 0.05) is 0 Å². The highest BCUT2D eigenvalue weighted by Gasteiger charge is 2.59. The fourth-order valence-corrected chi connectivity index (χ4v) is 2.82. The van der Waals surface area contributed by atoms with Gasteiger partial charge in [0.15, 0.2) is 0 Å².